The third-order valence-corrected chi connectivity index (χ3v) is 3.75. The fourth-order valence-corrected chi connectivity index (χ4v) is 2.51. The molecule has 2 rings (SSSR count). The van der Waals surface area contributed by atoms with Crippen LogP contribution in [0.4, 0.5) is 0 Å². The van der Waals surface area contributed by atoms with Crippen molar-refractivity contribution >= 4 is 12.6 Å². The van der Waals surface area contributed by atoms with E-state index >= 15 is 0 Å². The molecule has 0 N–H and O–H groups in total. The van der Waals surface area contributed by atoms with Crippen molar-refractivity contribution in [2.45, 2.75) is 32.1 Å². The molecule has 0 amide bonds. The minimum absolute atomic E-state index is 1.02. The van der Waals surface area contributed by atoms with Gasteiger partial charge in [0, 0.05) is 0 Å². The first-order chi connectivity index (χ1) is 9.40. The minimum Gasteiger partial charge on any atom is -0.179 e. The van der Waals surface area contributed by atoms with Gasteiger partial charge in [-0.2, -0.15) is 12.6 Å². The van der Waals surface area contributed by atoms with Gasteiger partial charge in [0.25, 0.3) is 0 Å². The lowest BCUT2D eigenvalue weighted by Crippen LogP contribution is -1.87. The highest BCUT2D eigenvalue weighted by atomic mass is 32.1. The normalized spacial score (nSPS) is 10.6. The largest absolute Gasteiger partial charge is 0.179 e. The Morgan fingerprint density at radius 1 is 0.632 bits per heavy atom. The second-order valence-electron chi connectivity index (χ2n) is 4.95. The van der Waals surface area contributed by atoms with Crippen molar-refractivity contribution in [2.24, 2.45) is 0 Å². The molecule has 0 nitrogen and oxygen atoms in total. The first-order valence-corrected chi connectivity index (χ1v) is 7.78. The summed E-state index contributed by atoms with van der Waals surface area (Å²) >= 11 is 4.24. The molecule has 2 aromatic rings. The van der Waals surface area contributed by atoms with Crippen LogP contribution in [0.25, 0.3) is 11.1 Å². The van der Waals surface area contributed by atoms with Gasteiger partial charge in [0.05, 0.1) is 0 Å². The maximum Gasteiger partial charge on any atom is -0.00979 e. The van der Waals surface area contributed by atoms with Crippen molar-refractivity contribution in [2.75, 3.05) is 5.75 Å². The lowest BCUT2D eigenvalue weighted by molar-refractivity contribution is 0.671. The fourth-order valence-electron chi connectivity index (χ4n) is 2.29. The van der Waals surface area contributed by atoms with E-state index in [1.54, 1.807) is 0 Å². The van der Waals surface area contributed by atoms with Gasteiger partial charge in [-0.3, -0.25) is 0 Å². The van der Waals surface area contributed by atoms with Gasteiger partial charge in [-0.15, -0.1) is 0 Å². The molecule has 1 heteroatoms. The Hall–Kier alpha value is -1.21. The molecule has 0 aromatic heterocycles. The maximum atomic E-state index is 4.24. The van der Waals surface area contributed by atoms with Crippen LogP contribution < -0.4 is 0 Å². The summed E-state index contributed by atoms with van der Waals surface area (Å²) in [5.74, 6) is 1.02. The van der Waals surface area contributed by atoms with Gasteiger partial charge < -0.3 is 0 Å². The second-order valence-corrected chi connectivity index (χ2v) is 5.40. The molecule has 0 unspecified atom stereocenters. The van der Waals surface area contributed by atoms with Crippen molar-refractivity contribution in [1.29, 1.82) is 0 Å². The van der Waals surface area contributed by atoms with Crippen LogP contribution in [0.1, 0.15) is 31.2 Å². The lowest BCUT2D eigenvalue weighted by atomic mass is 10.0. The van der Waals surface area contributed by atoms with E-state index in [1.807, 2.05) is 0 Å². The Bertz CT molecular complexity index is 459. The van der Waals surface area contributed by atoms with Crippen LogP contribution in [0.5, 0.6) is 0 Å². The summed E-state index contributed by atoms with van der Waals surface area (Å²) in [5, 5.41) is 0. The molecule has 0 saturated carbocycles. The van der Waals surface area contributed by atoms with E-state index in [0.29, 0.717) is 0 Å². The Morgan fingerprint density at radius 3 is 1.95 bits per heavy atom. The van der Waals surface area contributed by atoms with Gasteiger partial charge in [0.15, 0.2) is 0 Å². The Labute approximate surface area is 122 Å². The van der Waals surface area contributed by atoms with E-state index in [2.05, 4.69) is 67.2 Å². The van der Waals surface area contributed by atoms with Crippen LogP contribution >= 0.6 is 12.6 Å². The number of rotatable bonds is 7. The molecule has 0 fully saturated rings. The van der Waals surface area contributed by atoms with Crippen LogP contribution in [0, 0.1) is 0 Å². The van der Waals surface area contributed by atoms with Crippen molar-refractivity contribution in [3.8, 4) is 11.1 Å². The summed E-state index contributed by atoms with van der Waals surface area (Å²) in [6.07, 6.45) is 6.36. The van der Waals surface area contributed by atoms with E-state index in [0.717, 1.165) is 5.75 Å². The molecule has 0 saturated heterocycles. The van der Waals surface area contributed by atoms with Gasteiger partial charge >= 0.3 is 0 Å². The molecule has 0 radical (unpaired) electrons. The van der Waals surface area contributed by atoms with Crippen LogP contribution in [0.3, 0.4) is 0 Å². The topological polar surface area (TPSA) is 0 Å². The van der Waals surface area contributed by atoms with E-state index in [-0.39, 0.29) is 0 Å². The summed E-state index contributed by atoms with van der Waals surface area (Å²) in [7, 11) is 0. The number of hydrogen-bond donors (Lipinski definition) is 1. The monoisotopic (exact) mass is 270 g/mol. The van der Waals surface area contributed by atoms with Gasteiger partial charge in [-0.1, -0.05) is 67.4 Å². The second kappa shape index (κ2) is 8.06. The molecule has 0 atom stereocenters. The SMILES string of the molecule is SCCCCCCc1ccc(-c2ccccc2)cc1. The number of aryl methyl sites for hydroxylation is 1. The number of unbranched alkanes of at least 4 members (excludes halogenated alkanes) is 3. The smallest absolute Gasteiger partial charge is 0.00979 e. The van der Waals surface area contributed by atoms with Crippen molar-refractivity contribution in [3.63, 3.8) is 0 Å². The zero-order valence-corrected chi connectivity index (χ0v) is 12.3. The summed E-state index contributed by atoms with van der Waals surface area (Å²) < 4.78 is 0. The van der Waals surface area contributed by atoms with Crippen molar-refractivity contribution in [1.82, 2.24) is 0 Å². The Balaban J connectivity index is 1.85. The molecule has 100 valence electrons. The zero-order valence-electron chi connectivity index (χ0n) is 11.4. The Morgan fingerprint density at radius 2 is 1.26 bits per heavy atom. The molecular formula is C18H22S. The average molecular weight is 270 g/mol. The predicted molar refractivity (Wildman–Crippen MR) is 87.9 cm³/mol. The molecule has 0 bridgehead atoms. The highest BCUT2D eigenvalue weighted by molar-refractivity contribution is 7.80. The molecule has 19 heavy (non-hydrogen) atoms. The maximum absolute atomic E-state index is 4.24. The highest BCUT2D eigenvalue weighted by Crippen LogP contribution is 2.20. The molecule has 0 aliphatic heterocycles. The quantitative estimate of drug-likeness (QED) is 0.506. The van der Waals surface area contributed by atoms with E-state index < -0.39 is 0 Å². The zero-order chi connectivity index (χ0) is 13.3. The molecule has 0 heterocycles. The molecule has 0 aliphatic carbocycles. The first-order valence-electron chi connectivity index (χ1n) is 7.15. The van der Waals surface area contributed by atoms with Gasteiger partial charge in [0.1, 0.15) is 0 Å². The molecule has 0 spiro atoms. The number of benzene rings is 2. The van der Waals surface area contributed by atoms with Crippen LogP contribution in [0.15, 0.2) is 54.6 Å². The van der Waals surface area contributed by atoms with Crippen molar-refractivity contribution < 1.29 is 0 Å². The number of thiol groups is 1. The van der Waals surface area contributed by atoms with E-state index in [4.69, 9.17) is 0 Å². The summed E-state index contributed by atoms with van der Waals surface area (Å²) in [6.45, 7) is 0. The lowest BCUT2D eigenvalue weighted by Gasteiger charge is -2.04. The molecule has 0 aliphatic rings. The molecular weight excluding hydrogens is 248 g/mol. The van der Waals surface area contributed by atoms with E-state index in [9.17, 15) is 0 Å². The minimum atomic E-state index is 1.02. The van der Waals surface area contributed by atoms with E-state index in [1.165, 1.54) is 48.8 Å². The van der Waals surface area contributed by atoms with Gasteiger partial charge in [0.2, 0.25) is 0 Å². The van der Waals surface area contributed by atoms with Crippen LogP contribution in [0.2, 0.25) is 0 Å². The summed E-state index contributed by atoms with van der Waals surface area (Å²) in [5.41, 5.74) is 4.05. The van der Waals surface area contributed by atoms with Crippen LogP contribution in [-0.2, 0) is 6.42 Å². The Kier molecular flexibility index (Phi) is 6.03. The number of hydrogen-bond acceptors (Lipinski definition) is 1. The van der Waals surface area contributed by atoms with Gasteiger partial charge in [-0.25, -0.2) is 0 Å². The molecule has 2 aromatic carbocycles. The average Bonchev–Trinajstić information content (AvgIpc) is 2.49. The van der Waals surface area contributed by atoms with Crippen LogP contribution in [-0.4, -0.2) is 5.75 Å². The standard InChI is InChI=1S/C18H22S/c19-15-7-2-1-4-8-16-11-13-18(14-12-16)17-9-5-3-6-10-17/h3,5-6,9-14,19H,1-2,4,7-8,15H2. The third-order valence-electron chi connectivity index (χ3n) is 3.43. The fraction of sp³-hybridized carbons (Fsp3) is 0.333. The predicted octanol–water partition coefficient (Wildman–Crippen LogP) is 5.39. The summed E-state index contributed by atoms with van der Waals surface area (Å²) in [4.78, 5) is 0. The van der Waals surface area contributed by atoms with Gasteiger partial charge in [-0.05, 0) is 41.7 Å². The highest BCUT2D eigenvalue weighted by Gasteiger charge is 1.97. The van der Waals surface area contributed by atoms with Crippen molar-refractivity contribution in [3.05, 3.63) is 60.2 Å². The third kappa shape index (κ3) is 4.76. The first kappa shape index (κ1) is 14.2. The summed E-state index contributed by atoms with van der Waals surface area (Å²) in [6, 6.07) is 19.6.